The molecule has 13 nitrogen and oxygen atoms in total. The van der Waals surface area contributed by atoms with Crippen molar-refractivity contribution in [2.45, 2.75) is 0 Å². The highest BCUT2D eigenvalue weighted by atomic mass is 16.6. The number of methoxy groups -OCH3 is 1. The lowest BCUT2D eigenvalue weighted by Crippen LogP contribution is -2.31. The number of esters is 1. The smallest absolute Gasteiger partial charge is 0.331 e. The number of carbonyl (C=O) groups is 3. The molecule has 0 fully saturated rings. The Labute approximate surface area is 187 Å². The van der Waals surface area contributed by atoms with Crippen LogP contribution in [0, 0.1) is 0 Å². The first-order chi connectivity index (χ1) is 15.6. The summed E-state index contributed by atoms with van der Waals surface area (Å²) in [6, 6.07) is 0. The van der Waals surface area contributed by atoms with Crippen molar-refractivity contribution in [3.63, 3.8) is 0 Å². The minimum absolute atomic E-state index is 0.0842. The van der Waals surface area contributed by atoms with E-state index < -0.39 is 24.5 Å². The fourth-order valence-electron chi connectivity index (χ4n) is 1.86. The predicted molar refractivity (Wildman–Crippen MR) is 108 cm³/mol. The van der Waals surface area contributed by atoms with E-state index in [1.807, 2.05) is 0 Å². The molecule has 0 aliphatic carbocycles. The van der Waals surface area contributed by atoms with Gasteiger partial charge in [0.25, 0.3) is 0 Å². The highest BCUT2D eigenvalue weighted by molar-refractivity contribution is 5.77. The molecule has 188 valence electrons. The van der Waals surface area contributed by atoms with Crippen LogP contribution in [-0.2, 0) is 52.3 Å². The minimum Gasteiger partial charge on any atom is -0.480 e. The van der Waals surface area contributed by atoms with Crippen LogP contribution in [0.25, 0.3) is 0 Å². The molecule has 0 atom stereocenters. The average molecular weight is 469 g/mol. The third-order valence-electron chi connectivity index (χ3n) is 3.33. The van der Waals surface area contributed by atoms with Crippen LogP contribution in [0.1, 0.15) is 0 Å². The number of carbonyl (C=O) groups excluding carboxylic acids is 2. The predicted octanol–water partition coefficient (Wildman–Crippen LogP) is -1.52. The molecule has 0 saturated heterocycles. The molecule has 0 aliphatic heterocycles. The molecule has 32 heavy (non-hydrogen) atoms. The van der Waals surface area contributed by atoms with Crippen molar-refractivity contribution in [2.75, 3.05) is 106 Å². The molecule has 0 aliphatic rings. The number of carboxylic acid groups (broad SMARTS) is 1. The van der Waals surface area contributed by atoms with Gasteiger partial charge in [-0.2, -0.15) is 0 Å². The number of amides is 1. The zero-order chi connectivity index (χ0) is 23.7. The van der Waals surface area contributed by atoms with Gasteiger partial charge in [-0.25, -0.2) is 9.59 Å². The summed E-state index contributed by atoms with van der Waals surface area (Å²) in [7, 11) is 1.30. The first-order valence-electron chi connectivity index (χ1n) is 10.2. The second-order valence-electron chi connectivity index (χ2n) is 5.93. The summed E-state index contributed by atoms with van der Waals surface area (Å²) in [4.78, 5) is 32.3. The summed E-state index contributed by atoms with van der Waals surface area (Å²) in [5.74, 6) is -1.95. The molecule has 0 aromatic rings. The topological polar surface area (TPSA) is 157 Å². The molecule has 13 heteroatoms. The number of carboxylic acids is 1. The minimum atomic E-state index is -1.13. The van der Waals surface area contributed by atoms with Crippen molar-refractivity contribution in [1.82, 2.24) is 5.32 Å². The number of hydrogen-bond acceptors (Lipinski definition) is 11. The normalized spacial score (nSPS) is 10.8. The zero-order valence-electron chi connectivity index (χ0n) is 18.5. The summed E-state index contributed by atoms with van der Waals surface area (Å²) in [6.07, 6.45) is 0. The maximum atomic E-state index is 11.3. The van der Waals surface area contributed by atoms with E-state index in [4.69, 9.17) is 33.5 Å². The fourth-order valence-corrected chi connectivity index (χ4v) is 1.86. The number of ether oxygens (including phenoxy) is 8. The van der Waals surface area contributed by atoms with Crippen LogP contribution in [0.3, 0.4) is 0 Å². The van der Waals surface area contributed by atoms with E-state index in [-0.39, 0.29) is 13.2 Å². The van der Waals surface area contributed by atoms with Crippen molar-refractivity contribution < 1.29 is 57.4 Å². The van der Waals surface area contributed by atoms with E-state index in [1.54, 1.807) is 0 Å². The maximum Gasteiger partial charge on any atom is 0.331 e. The standard InChI is InChI=1S/C19H35NO12/c1-25-19(24)16-31-13-12-30-11-10-29-9-8-28-7-6-27-5-4-26-3-2-20-17(21)14-32-15-18(22)23/h2-16H2,1H3,(H,20,21)(H,22,23). The lowest BCUT2D eigenvalue weighted by molar-refractivity contribution is -0.146. The van der Waals surface area contributed by atoms with Crippen LogP contribution in [-0.4, -0.2) is 129 Å². The van der Waals surface area contributed by atoms with Gasteiger partial charge in [0.05, 0.1) is 79.8 Å². The molecule has 0 rings (SSSR count). The van der Waals surface area contributed by atoms with Crippen molar-refractivity contribution in [3.05, 3.63) is 0 Å². The molecule has 0 saturated carbocycles. The Bertz CT molecular complexity index is 477. The van der Waals surface area contributed by atoms with Gasteiger partial charge in [0, 0.05) is 6.54 Å². The second kappa shape index (κ2) is 23.8. The van der Waals surface area contributed by atoms with Gasteiger partial charge in [-0.15, -0.1) is 0 Å². The number of hydrogen-bond donors (Lipinski definition) is 2. The molecular weight excluding hydrogens is 434 g/mol. The van der Waals surface area contributed by atoms with Gasteiger partial charge in [0.15, 0.2) is 0 Å². The highest BCUT2D eigenvalue weighted by Crippen LogP contribution is 1.85. The van der Waals surface area contributed by atoms with Gasteiger partial charge < -0.3 is 48.3 Å². The van der Waals surface area contributed by atoms with Crippen molar-refractivity contribution in [3.8, 4) is 0 Å². The second-order valence-corrected chi connectivity index (χ2v) is 5.93. The van der Waals surface area contributed by atoms with Gasteiger partial charge in [-0.1, -0.05) is 0 Å². The van der Waals surface area contributed by atoms with Crippen LogP contribution >= 0.6 is 0 Å². The quantitative estimate of drug-likeness (QED) is 0.124. The summed E-state index contributed by atoms with van der Waals surface area (Å²) in [6.45, 7) is 3.78. The zero-order valence-corrected chi connectivity index (χ0v) is 18.5. The fraction of sp³-hybridized carbons (Fsp3) is 0.842. The first-order valence-corrected chi connectivity index (χ1v) is 10.2. The molecule has 1 amide bonds. The Morgan fingerprint density at radius 3 is 1.47 bits per heavy atom. The van der Waals surface area contributed by atoms with Crippen LogP contribution in [0.4, 0.5) is 0 Å². The van der Waals surface area contributed by atoms with E-state index in [2.05, 4.69) is 14.8 Å². The number of nitrogens with one attached hydrogen (secondary N) is 1. The lowest BCUT2D eigenvalue weighted by Gasteiger charge is -2.08. The molecular formula is C19H35NO12. The van der Waals surface area contributed by atoms with Crippen LogP contribution in [0.2, 0.25) is 0 Å². The molecule has 0 aromatic carbocycles. The molecule has 0 aromatic heterocycles. The summed E-state index contributed by atoms with van der Waals surface area (Å²) >= 11 is 0. The van der Waals surface area contributed by atoms with E-state index >= 15 is 0 Å². The van der Waals surface area contributed by atoms with Gasteiger partial charge in [0.2, 0.25) is 5.91 Å². The molecule has 2 N–H and O–H groups in total. The molecule has 0 spiro atoms. The largest absolute Gasteiger partial charge is 0.480 e. The molecule has 0 heterocycles. The Hall–Kier alpha value is -1.87. The Morgan fingerprint density at radius 2 is 1.03 bits per heavy atom. The van der Waals surface area contributed by atoms with Crippen LogP contribution < -0.4 is 5.32 Å². The Morgan fingerprint density at radius 1 is 0.594 bits per heavy atom. The van der Waals surface area contributed by atoms with E-state index in [1.165, 1.54) is 7.11 Å². The molecule has 0 radical (unpaired) electrons. The SMILES string of the molecule is COC(=O)COCCOCCOCCOCCOCCOCCNC(=O)COCC(=O)O. The van der Waals surface area contributed by atoms with E-state index in [0.29, 0.717) is 79.2 Å². The highest BCUT2D eigenvalue weighted by Gasteiger charge is 2.03. The van der Waals surface area contributed by atoms with E-state index in [0.717, 1.165) is 0 Å². The first kappa shape index (κ1) is 30.1. The third-order valence-corrected chi connectivity index (χ3v) is 3.33. The third kappa shape index (κ3) is 24.4. The van der Waals surface area contributed by atoms with Crippen molar-refractivity contribution >= 4 is 17.8 Å². The Kier molecular flexibility index (Phi) is 22.4. The summed E-state index contributed by atoms with van der Waals surface area (Å²) < 4.78 is 40.7. The van der Waals surface area contributed by atoms with Gasteiger partial charge in [0.1, 0.15) is 19.8 Å². The summed E-state index contributed by atoms with van der Waals surface area (Å²) in [5.41, 5.74) is 0. The van der Waals surface area contributed by atoms with Crippen molar-refractivity contribution in [1.29, 1.82) is 0 Å². The average Bonchev–Trinajstić information content (AvgIpc) is 2.77. The van der Waals surface area contributed by atoms with Gasteiger partial charge in [-0.05, 0) is 0 Å². The number of aliphatic carboxylic acids is 1. The van der Waals surface area contributed by atoms with Gasteiger partial charge >= 0.3 is 11.9 Å². The molecule has 0 bridgehead atoms. The Balaban J connectivity index is 3.13. The van der Waals surface area contributed by atoms with Gasteiger partial charge in [-0.3, -0.25) is 4.79 Å². The van der Waals surface area contributed by atoms with E-state index in [9.17, 15) is 14.4 Å². The maximum absolute atomic E-state index is 11.3. The monoisotopic (exact) mass is 469 g/mol. The lowest BCUT2D eigenvalue weighted by atomic mass is 10.6. The number of rotatable bonds is 24. The van der Waals surface area contributed by atoms with Crippen LogP contribution in [0.5, 0.6) is 0 Å². The van der Waals surface area contributed by atoms with Crippen LogP contribution in [0.15, 0.2) is 0 Å². The molecule has 0 unspecified atom stereocenters. The van der Waals surface area contributed by atoms with Crippen molar-refractivity contribution in [2.24, 2.45) is 0 Å². The summed E-state index contributed by atoms with van der Waals surface area (Å²) in [5, 5.41) is 10.9.